The van der Waals surface area contributed by atoms with Gasteiger partial charge < -0.3 is 4.57 Å². The van der Waals surface area contributed by atoms with Crippen molar-refractivity contribution in [1.82, 2.24) is 4.57 Å². The van der Waals surface area contributed by atoms with Gasteiger partial charge in [0.2, 0.25) is 0 Å². The van der Waals surface area contributed by atoms with E-state index in [0.29, 0.717) is 5.92 Å². The molecule has 0 aliphatic heterocycles. The Morgan fingerprint density at radius 3 is 1.31 bits per heavy atom. The predicted octanol–water partition coefficient (Wildman–Crippen LogP) is 15.5. The van der Waals surface area contributed by atoms with Gasteiger partial charge in [0.25, 0.3) is 0 Å². The highest BCUT2D eigenvalue weighted by molar-refractivity contribution is 6.10. The minimum atomic E-state index is 0.0687. The van der Waals surface area contributed by atoms with Gasteiger partial charge in [-0.2, -0.15) is 0 Å². The van der Waals surface area contributed by atoms with Crippen molar-refractivity contribution in [3.8, 4) is 44.5 Å². The lowest BCUT2D eigenvalue weighted by Gasteiger charge is -2.30. The highest BCUT2D eigenvalue weighted by Gasteiger charge is 2.41. The number of aromatic nitrogens is 1. The van der Waals surface area contributed by atoms with Crippen molar-refractivity contribution >= 4 is 21.8 Å². The normalized spacial score (nSPS) is 15.2. The van der Waals surface area contributed by atoms with Crippen LogP contribution in [0.25, 0.3) is 66.3 Å². The Morgan fingerprint density at radius 2 is 0.873 bits per heavy atom. The zero-order valence-electron chi connectivity index (χ0n) is 33.9. The first-order valence-electron chi connectivity index (χ1n) is 21.5. The van der Waals surface area contributed by atoms with Gasteiger partial charge in [0.15, 0.2) is 0 Å². The number of nitrogens with zero attached hydrogens (tertiary/aromatic N) is 1. The van der Waals surface area contributed by atoms with E-state index < -0.39 is 0 Å². The van der Waals surface area contributed by atoms with E-state index in [1.807, 2.05) is 0 Å². The van der Waals surface area contributed by atoms with Gasteiger partial charge in [-0.05, 0) is 129 Å². The average molecular weight is 720 g/mol. The molecule has 1 heteroatoms. The van der Waals surface area contributed by atoms with Crippen molar-refractivity contribution in [1.29, 1.82) is 0 Å². The summed E-state index contributed by atoms with van der Waals surface area (Å²) in [6.45, 7) is 15.2. The summed E-state index contributed by atoms with van der Waals surface area (Å²) in [6, 6.07) is 47.5. The van der Waals surface area contributed by atoms with Gasteiger partial charge in [-0.1, -0.05) is 158 Å². The summed E-state index contributed by atoms with van der Waals surface area (Å²) in [7, 11) is 0. The van der Waals surface area contributed by atoms with Crippen LogP contribution in [0.2, 0.25) is 0 Å². The van der Waals surface area contributed by atoms with Crippen molar-refractivity contribution < 1.29 is 0 Å². The van der Waals surface area contributed by atoms with E-state index in [0.717, 1.165) is 32.2 Å². The number of hydrogen-bond acceptors (Lipinski definition) is 0. The predicted molar refractivity (Wildman–Crippen MR) is 237 cm³/mol. The molecule has 0 N–H and O–H groups in total. The lowest BCUT2D eigenvalue weighted by atomic mass is 9.73. The third-order valence-corrected chi connectivity index (χ3v) is 14.5. The number of rotatable bonds is 12. The standard InChI is InChI=1S/C54H57N/c1-7-13-18-36(8-2)35-55-51-33-39(37-23-27-43-41-19-14-16-21-47(41)53(9-3,10-4)49(43)31-37)25-29-45(51)46-30-26-40(34-52(46)55)38-24-28-44-42-20-15-17-22-48(42)54(11-5,12-6)50(44)32-38/h14-17,19-34,36H,7-13,18,35H2,1-6H3. The van der Waals surface area contributed by atoms with E-state index in [1.54, 1.807) is 0 Å². The lowest BCUT2D eigenvalue weighted by molar-refractivity contribution is 0.401. The Hall–Kier alpha value is -4.88. The van der Waals surface area contributed by atoms with Crippen LogP contribution in [0.15, 0.2) is 121 Å². The molecule has 9 rings (SSSR count). The summed E-state index contributed by atoms with van der Waals surface area (Å²) in [4.78, 5) is 0. The molecule has 1 nitrogen and oxygen atoms in total. The average Bonchev–Trinajstić information content (AvgIpc) is 3.82. The molecular weight excluding hydrogens is 663 g/mol. The Balaban J connectivity index is 1.19. The molecule has 278 valence electrons. The first-order valence-corrected chi connectivity index (χ1v) is 21.5. The molecule has 7 aromatic rings. The van der Waals surface area contributed by atoms with Crippen molar-refractivity contribution in [3.05, 3.63) is 144 Å². The Labute approximate surface area is 329 Å². The second-order valence-corrected chi connectivity index (χ2v) is 16.7. The molecule has 1 aromatic heterocycles. The van der Waals surface area contributed by atoms with Crippen LogP contribution in [-0.2, 0) is 17.4 Å². The van der Waals surface area contributed by atoms with Gasteiger partial charge in [0, 0.05) is 39.2 Å². The number of unbranched alkanes of at least 4 members (excludes halogenated alkanes) is 1. The highest BCUT2D eigenvalue weighted by atomic mass is 15.0. The fraction of sp³-hybridized carbons (Fsp3) is 0.333. The summed E-state index contributed by atoms with van der Waals surface area (Å²) in [6.07, 6.45) is 9.44. The molecule has 55 heavy (non-hydrogen) atoms. The molecule has 2 aliphatic carbocycles. The van der Waals surface area contributed by atoms with E-state index >= 15 is 0 Å². The van der Waals surface area contributed by atoms with Gasteiger partial charge in [-0.25, -0.2) is 0 Å². The lowest BCUT2D eigenvalue weighted by Crippen LogP contribution is -2.23. The van der Waals surface area contributed by atoms with Crippen molar-refractivity contribution in [3.63, 3.8) is 0 Å². The molecule has 0 radical (unpaired) electrons. The van der Waals surface area contributed by atoms with Gasteiger partial charge in [0.05, 0.1) is 0 Å². The van der Waals surface area contributed by atoms with Crippen LogP contribution in [0.3, 0.4) is 0 Å². The van der Waals surface area contributed by atoms with E-state index in [-0.39, 0.29) is 10.8 Å². The molecule has 1 heterocycles. The SMILES string of the molecule is CCCCC(CC)Cn1c2cc(-c3ccc4c(c3)C(CC)(CC)c3ccccc3-4)ccc2c2ccc(-c3ccc4c(c3)C(CC)(CC)c3ccccc3-4)cc21. The smallest absolute Gasteiger partial charge is 0.0497 e. The van der Waals surface area contributed by atoms with Crippen LogP contribution in [-0.4, -0.2) is 4.57 Å². The zero-order valence-corrected chi connectivity index (χ0v) is 33.9. The first kappa shape index (κ1) is 35.8. The maximum Gasteiger partial charge on any atom is 0.0497 e. The molecule has 1 atom stereocenters. The summed E-state index contributed by atoms with van der Waals surface area (Å²) in [5.41, 5.74) is 19.8. The second kappa shape index (κ2) is 14.0. The van der Waals surface area contributed by atoms with Crippen LogP contribution in [0.4, 0.5) is 0 Å². The van der Waals surface area contributed by atoms with Crippen LogP contribution >= 0.6 is 0 Å². The minimum absolute atomic E-state index is 0.0687. The fourth-order valence-electron chi connectivity index (χ4n) is 11.1. The van der Waals surface area contributed by atoms with Crippen molar-refractivity contribution in [2.45, 2.75) is 110 Å². The monoisotopic (exact) mass is 719 g/mol. The molecule has 1 unspecified atom stereocenters. The summed E-state index contributed by atoms with van der Waals surface area (Å²) in [5.74, 6) is 0.646. The van der Waals surface area contributed by atoms with Crippen LogP contribution in [0, 0.1) is 5.92 Å². The molecular formula is C54H57N. The Kier molecular flexibility index (Phi) is 9.12. The van der Waals surface area contributed by atoms with Crippen LogP contribution in [0.5, 0.6) is 0 Å². The fourth-order valence-corrected chi connectivity index (χ4v) is 11.1. The molecule has 0 fully saturated rings. The number of benzene rings is 6. The topological polar surface area (TPSA) is 4.93 Å². The Bertz CT molecular complexity index is 2380. The molecule has 2 aliphatic rings. The van der Waals surface area contributed by atoms with E-state index in [1.165, 1.54) is 114 Å². The Morgan fingerprint density at radius 1 is 0.455 bits per heavy atom. The number of hydrogen-bond donors (Lipinski definition) is 0. The maximum absolute atomic E-state index is 2.69. The molecule has 0 saturated heterocycles. The largest absolute Gasteiger partial charge is 0.340 e. The van der Waals surface area contributed by atoms with Crippen LogP contribution in [0.1, 0.15) is 115 Å². The van der Waals surface area contributed by atoms with E-state index in [9.17, 15) is 0 Å². The zero-order chi connectivity index (χ0) is 37.9. The molecule has 0 bridgehead atoms. The van der Waals surface area contributed by atoms with Crippen LogP contribution < -0.4 is 0 Å². The van der Waals surface area contributed by atoms with Gasteiger partial charge >= 0.3 is 0 Å². The van der Waals surface area contributed by atoms with Gasteiger partial charge in [-0.3, -0.25) is 0 Å². The van der Waals surface area contributed by atoms with Crippen molar-refractivity contribution in [2.75, 3.05) is 0 Å². The number of fused-ring (bicyclic) bond motifs is 9. The molecule has 0 spiro atoms. The summed E-state index contributed by atoms with van der Waals surface area (Å²) < 4.78 is 2.69. The van der Waals surface area contributed by atoms with E-state index in [2.05, 4.69) is 167 Å². The highest BCUT2D eigenvalue weighted by Crippen LogP contribution is 2.55. The van der Waals surface area contributed by atoms with Gasteiger partial charge in [-0.15, -0.1) is 0 Å². The summed E-state index contributed by atoms with van der Waals surface area (Å²) in [5, 5.41) is 2.72. The third-order valence-electron chi connectivity index (χ3n) is 14.5. The molecule has 6 aromatic carbocycles. The quantitative estimate of drug-likeness (QED) is 0.118. The summed E-state index contributed by atoms with van der Waals surface area (Å²) >= 11 is 0. The second-order valence-electron chi connectivity index (χ2n) is 16.7. The van der Waals surface area contributed by atoms with Crippen molar-refractivity contribution in [2.24, 2.45) is 5.92 Å². The maximum atomic E-state index is 2.69. The third kappa shape index (κ3) is 5.32. The molecule has 0 amide bonds. The first-order chi connectivity index (χ1) is 26.9. The minimum Gasteiger partial charge on any atom is -0.340 e. The molecule has 0 saturated carbocycles. The van der Waals surface area contributed by atoms with E-state index in [4.69, 9.17) is 0 Å². The van der Waals surface area contributed by atoms with Gasteiger partial charge in [0.1, 0.15) is 0 Å².